The number of rotatable bonds is 6. The smallest absolute Gasteiger partial charge is 0.338 e. The van der Waals surface area contributed by atoms with Crippen molar-refractivity contribution in [3.8, 4) is 11.3 Å². The van der Waals surface area contributed by atoms with E-state index >= 15 is 0 Å². The third-order valence-corrected chi connectivity index (χ3v) is 4.91. The Kier molecular flexibility index (Phi) is 5.44. The monoisotopic (exact) mass is 406 g/mol. The van der Waals surface area contributed by atoms with Gasteiger partial charge in [-0.3, -0.25) is 0 Å². The van der Waals surface area contributed by atoms with E-state index in [0.29, 0.717) is 23.7 Å². The first-order chi connectivity index (χ1) is 14.2. The fourth-order valence-electron chi connectivity index (χ4n) is 3.06. The van der Waals surface area contributed by atoms with Crippen molar-refractivity contribution in [3.05, 3.63) is 77.1 Å². The molecular weight excluding hydrogens is 388 g/mol. The fraction of sp³-hybridized carbons (Fsp3) is 0.136. The van der Waals surface area contributed by atoms with Crippen LogP contribution >= 0.6 is 11.6 Å². The number of hydrogen-bond donors (Lipinski definition) is 2. The van der Waals surface area contributed by atoms with Gasteiger partial charge in [-0.25, -0.2) is 14.8 Å². The molecule has 29 heavy (non-hydrogen) atoms. The van der Waals surface area contributed by atoms with Crippen molar-refractivity contribution in [3.63, 3.8) is 0 Å². The van der Waals surface area contributed by atoms with E-state index in [4.69, 9.17) is 16.3 Å². The molecule has 0 aliphatic carbocycles. The Morgan fingerprint density at radius 1 is 1.14 bits per heavy atom. The van der Waals surface area contributed by atoms with Gasteiger partial charge < -0.3 is 15.0 Å². The van der Waals surface area contributed by atoms with Gasteiger partial charge in [-0.1, -0.05) is 41.9 Å². The molecule has 2 heterocycles. The van der Waals surface area contributed by atoms with Gasteiger partial charge in [0.05, 0.1) is 17.6 Å². The highest BCUT2D eigenvalue weighted by atomic mass is 35.5. The summed E-state index contributed by atoms with van der Waals surface area (Å²) in [6.45, 7) is 2.70. The summed E-state index contributed by atoms with van der Waals surface area (Å²) < 4.78 is 5.03. The molecule has 6 nitrogen and oxygen atoms in total. The van der Waals surface area contributed by atoms with E-state index in [9.17, 15) is 4.79 Å². The van der Waals surface area contributed by atoms with Crippen molar-refractivity contribution < 1.29 is 9.53 Å². The van der Waals surface area contributed by atoms with Crippen LogP contribution in [0.5, 0.6) is 0 Å². The molecule has 0 bridgehead atoms. The summed E-state index contributed by atoms with van der Waals surface area (Å²) in [4.78, 5) is 23.8. The lowest BCUT2D eigenvalue weighted by Gasteiger charge is -2.07. The van der Waals surface area contributed by atoms with E-state index in [1.165, 1.54) is 6.33 Å². The van der Waals surface area contributed by atoms with Gasteiger partial charge in [-0.05, 0) is 42.3 Å². The predicted molar refractivity (Wildman–Crippen MR) is 114 cm³/mol. The molecule has 0 saturated carbocycles. The Morgan fingerprint density at radius 3 is 2.69 bits per heavy atom. The molecule has 0 fully saturated rings. The number of benzene rings is 2. The number of carbonyl (C=O) groups is 1. The number of aromatic amines is 1. The number of hydrogen-bond acceptors (Lipinski definition) is 5. The highest BCUT2D eigenvalue weighted by Gasteiger charge is 2.11. The number of nitrogens with zero attached hydrogens (tertiary/aromatic N) is 2. The zero-order valence-corrected chi connectivity index (χ0v) is 16.5. The van der Waals surface area contributed by atoms with Gasteiger partial charge in [-0.15, -0.1) is 0 Å². The molecule has 0 aliphatic rings. The van der Waals surface area contributed by atoms with Gasteiger partial charge in [0, 0.05) is 17.3 Å². The van der Waals surface area contributed by atoms with E-state index in [-0.39, 0.29) is 5.97 Å². The van der Waals surface area contributed by atoms with Crippen LogP contribution in [0.1, 0.15) is 22.8 Å². The average molecular weight is 407 g/mol. The SMILES string of the molecule is CCOC(=O)c1ccc(-c2cc3c(NCc4ccccc4Cl)ncnc3[nH]2)cc1. The highest BCUT2D eigenvalue weighted by Crippen LogP contribution is 2.27. The lowest BCUT2D eigenvalue weighted by atomic mass is 10.1. The van der Waals surface area contributed by atoms with Crippen molar-refractivity contribution >= 4 is 34.4 Å². The number of fused-ring (bicyclic) bond motifs is 1. The van der Waals surface area contributed by atoms with Gasteiger partial charge in [0.1, 0.15) is 17.8 Å². The zero-order chi connectivity index (χ0) is 20.2. The standard InChI is InChI=1S/C22H19ClN4O2/c1-2-29-22(28)15-9-7-14(8-10-15)19-11-17-20(25-13-26-21(17)27-19)24-12-16-5-3-4-6-18(16)23/h3-11,13H,2,12H2,1H3,(H2,24,25,26,27). The molecule has 4 rings (SSSR count). The Hall–Kier alpha value is -3.38. The van der Waals surface area contributed by atoms with Crippen LogP contribution in [0.2, 0.25) is 5.02 Å². The second-order valence-corrected chi connectivity index (χ2v) is 6.82. The molecule has 0 spiro atoms. The number of ether oxygens (including phenoxy) is 1. The van der Waals surface area contributed by atoms with Crippen molar-refractivity contribution in [2.75, 3.05) is 11.9 Å². The lowest BCUT2D eigenvalue weighted by Crippen LogP contribution is -2.03. The van der Waals surface area contributed by atoms with Crippen LogP contribution in [0, 0.1) is 0 Å². The predicted octanol–water partition coefficient (Wildman–Crippen LogP) is 5.07. The third-order valence-electron chi connectivity index (χ3n) is 4.54. The van der Waals surface area contributed by atoms with Crippen LogP contribution in [-0.4, -0.2) is 27.5 Å². The van der Waals surface area contributed by atoms with Gasteiger partial charge in [-0.2, -0.15) is 0 Å². The summed E-state index contributed by atoms with van der Waals surface area (Å²) in [6.07, 6.45) is 1.52. The van der Waals surface area contributed by atoms with E-state index in [1.807, 2.05) is 42.5 Å². The molecule has 2 aromatic heterocycles. The van der Waals surface area contributed by atoms with Crippen LogP contribution < -0.4 is 5.32 Å². The number of carbonyl (C=O) groups excluding carboxylic acids is 1. The minimum absolute atomic E-state index is 0.326. The average Bonchev–Trinajstić information content (AvgIpc) is 3.18. The number of aromatic nitrogens is 3. The first kappa shape index (κ1) is 19.0. The minimum Gasteiger partial charge on any atom is -0.462 e. The number of esters is 1. The van der Waals surface area contributed by atoms with E-state index in [0.717, 1.165) is 33.7 Å². The molecule has 4 aromatic rings. The fourth-order valence-corrected chi connectivity index (χ4v) is 3.26. The number of anilines is 1. The van der Waals surface area contributed by atoms with Gasteiger partial charge >= 0.3 is 5.97 Å². The maximum absolute atomic E-state index is 11.8. The quantitative estimate of drug-likeness (QED) is 0.437. The number of halogens is 1. The molecule has 0 unspecified atom stereocenters. The van der Waals surface area contributed by atoms with Crippen LogP contribution in [0.15, 0.2) is 60.9 Å². The Labute approximate surface area is 172 Å². The molecule has 0 amide bonds. The van der Waals surface area contributed by atoms with Crippen molar-refractivity contribution in [2.45, 2.75) is 13.5 Å². The first-order valence-corrected chi connectivity index (χ1v) is 9.62. The van der Waals surface area contributed by atoms with Crippen LogP contribution in [0.3, 0.4) is 0 Å². The number of nitrogens with one attached hydrogen (secondary N) is 2. The van der Waals surface area contributed by atoms with Gasteiger partial charge in [0.25, 0.3) is 0 Å². The Balaban J connectivity index is 1.59. The molecule has 0 radical (unpaired) electrons. The van der Waals surface area contributed by atoms with Crippen molar-refractivity contribution in [2.24, 2.45) is 0 Å². The van der Waals surface area contributed by atoms with Gasteiger partial charge in [0.2, 0.25) is 0 Å². The molecule has 0 aliphatic heterocycles. The molecule has 7 heteroatoms. The maximum Gasteiger partial charge on any atom is 0.338 e. The lowest BCUT2D eigenvalue weighted by molar-refractivity contribution is 0.0526. The zero-order valence-electron chi connectivity index (χ0n) is 15.8. The second kappa shape index (κ2) is 8.32. The molecule has 0 saturated heterocycles. The second-order valence-electron chi connectivity index (χ2n) is 6.41. The normalized spacial score (nSPS) is 10.8. The Morgan fingerprint density at radius 2 is 1.93 bits per heavy atom. The van der Waals surface area contributed by atoms with E-state index in [2.05, 4.69) is 20.3 Å². The highest BCUT2D eigenvalue weighted by molar-refractivity contribution is 6.31. The molecule has 146 valence electrons. The van der Waals surface area contributed by atoms with Crippen LogP contribution in [0.25, 0.3) is 22.3 Å². The summed E-state index contributed by atoms with van der Waals surface area (Å²) in [7, 11) is 0. The van der Waals surface area contributed by atoms with Gasteiger partial charge in [0.15, 0.2) is 0 Å². The molecule has 2 aromatic carbocycles. The third kappa shape index (κ3) is 4.07. The van der Waals surface area contributed by atoms with E-state index < -0.39 is 0 Å². The first-order valence-electron chi connectivity index (χ1n) is 9.24. The van der Waals surface area contributed by atoms with Crippen LogP contribution in [0.4, 0.5) is 5.82 Å². The topological polar surface area (TPSA) is 79.9 Å². The summed E-state index contributed by atoms with van der Waals surface area (Å²) in [5, 5.41) is 4.92. The minimum atomic E-state index is -0.326. The molecule has 0 atom stereocenters. The van der Waals surface area contributed by atoms with E-state index in [1.54, 1.807) is 19.1 Å². The molecule has 2 N–H and O–H groups in total. The largest absolute Gasteiger partial charge is 0.462 e. The van der Waals surface area contributed by atoms with Crippen LogP contribution in [-0.2, 0) is 11.3 Å². The van der Waals surface area contributed by atoms with Crippen molar-refractivity contribution in [1.29, 1.82) is 0 Å². The summed E-state index contributed by atoms with van der Waals surface area (Å²) in [5.74, 6) is 0.396. The summed E-state index contributed by atoms with van der Waals surface area (Å²) >= 11 is 6.24. The summed E-state index contributed by atoms with van der Waals surface area (Å²) in [5.41, 5.74) is 4.07. The number of H-pyrrole nitrogens is 1. The van der Waals surface area contributed by atoms with Crippen molar-refractivity contribution in [1.82, 2.24) is 15.0 Å². The molecular formula is C22H19ClN4O2. The Bertz CT molecular complexity index is 1160. The summed E-state index contributed by atoms with van der Waals surface area (Å²) in [6, 6.07) is 16.9. The maximum atomic E-state index is 11.8.